The molecule has 172 valence electrons. The predicted molar refractivity (Wildman–Crippen MR) is 121 cm³/mol. The van der Waals surface area contributed by atoms with E-state index in [4.69, 9.17) is 9.47 Å². The molecule has 0 unspecified atom stereocenters. The van der Waals surface area contributed by atoms with E-state index in [9.17, 15) is 14.0 Å². The predicted octanol–water partition coefficient (Wildman–Crippen LogP) is 5.02. The number of benzene rings is 2. The summed E-state index contributed by atoms with van der Waals surface area (Å²) in [6.45, 7) is 6.73. The number of rotatable bonds is 5. The summed E-state index contributed by atoms with van der Waals surface area (Å²) in [5.41, 5.74) is 1.00. The number of carbonyl (C=O) groups excluding carboxylic acids is 2. The fourth-order valence-corrected chi connectivity index (χ4v) is 3.85. The van der Waals surface area contributed by atoms with Gasteiger partial charge in [-0.25, -0.2) is 9.18 Å². The molecule has 1 aliphatic heterocycles. The smallest absolute Gasteiger partial charge is 0.410 e. The first-order chi connectivity index (χ1) is 15.2. The summed E-state index contributed by atoms with van der Waals surface area (Å²) >= 11 is 0. The second-order valence-corrected chi connectivity index (χ2v) is 8.96. The van der Waals surface area contributed by atoms with Crippen LogP contribution in [0.25, 0.3) is 0 Å². The van der Waals surface area contributed by atoms with Gasteiger partial charge in [0, 0.05) is 31.8 Å². The number of carbonyl (C=O) groups is 2. The normalized spacial score (nSPS) is 14.8. The van der Waals surface area contributed by atoms with Crippen LogP contribution in [0.2, 0.25) is 0 Å². The van der Waals surface area contributed by atoms with Crippen LogP contribution in [0.3, 0.4) is 0 Å². The minimum absolute atomic E-state index is 0.241. The van der Waals surface area contributed by atoms with E-state index >= 15 is 0 Å². The van der Waals surface area contributed by atoms with Gasteiger partial charge in [-0.05, 0) is 63.4 Å². The van der Waals surface area contributed by atoms with Gasteiger partial charge in [0.05, 0.1) is 12.3 Å². The highest BCUT2D eigenvalue weighted by Gasteiger charge is 2.33. The van der Waals surface area contributed by atoms with E-state index in [1.54, 1.807) is 48.4 Å². The summed E-state index contributed by atoms with van der Waals surface area (Å²) in [5, 5.41) is 0. The number of likely N-dealkylation sites (tertiary alicyclic amines) is 1. The number of anilines is 1. The molecule has 3 rings (SSSR count). The van der Waals surface area contributed by atoms with Gasteiger partial charge in [-0.1, -0.05) is 24.3 Å². The van der Waals surface area contributed by atoms with Crippen molar-refractivity contribution in [1.82, 2.24) is 4.90 Å². The third-order valence-electron chi connectivity index (χ3n) is 5.30. The summed E-state index contributed by atoms with van der Waals surface area (Å²) in [4.78, 5) is 29.2. The van der Waals surface area contributed by atoms with Crippen molar-refractivity contribution in [2.75, 3.05) is 25.1 Å². The fourth-order valence-electron chi connectivity index (χ4n) is 3.85. The Morgan fingerprint density at radius 3 is 2.41 bits per heavy atom. The van der Waals surface area contributed by atoms with Crippen molar-refractivity contribution in [2.45, 2.75) is 51.9 Å². The minimum atomic E-state index is -0.573. The molecule has 7 heteroatoms. The Morgan fingerprint density at radius 1 is 1.09 bits per heavy atom. The summed E-state index contributed by atoms with van der Waals surface area (Å²) in [6, 6.07) is 13.2. The third kappa shape index (κ3) is 5.85. The molecule has 0 aliphatic carbocycles. The summed E-state index contributed by atoms with van der Waals surface area (Å²) < 4.78 is 25.4. The van der Waals surface area contributed by atoms with Crippen molar-refractivity contribution in [3.8, 4) is 0 Å². The van der Waals surface area contributed by atoms with Crippen molar-refractivity contribution in [2.24, 2.45) is 0 Å². The Morgan fingerprint density at radius 2 is 1.78 bits per heavy atom. The molecule has 1 aliphatic rings. The molecule has 2 amide bonds. The maximum absolute atomic E-state index is 14.8. The van der Waals surface area contributed by atoms with Crippen molar-refractivity contribution < 1.29 is 23.5 Å². The average Bonchev–Trinajstić information content (AvgIpc) is 2.75. The molecule has 1 saturated heterocycles. The quantitative estimate of drug-likeness (QED) is 0.653. The lowest BCUT2D eigenvalue weighted by Crippen LogP contribution is -2.50. The number of halogens is 1. The van der Waals surface area contributed by atoms with Gasteiger partial charge in [-0.3, -0.25) is 4.79 Å². The first-order valence-corrected chi connectivity index (χ1v) is 10.8. The maximum Gasteiger partial charge on any atom is 0.410 e. The molecule has 0 N–H and O–H groups in total. The number of methoxy groups -OCH3 is 1. The van der Waals surface area contributed by atoms with Crippen LogP contribution in [-0.4, -0.2) is 48.7 Å². The molecule has 2 aromatic rings. The molecule has 0 atom stereocenters. The molecule has 0 saturated carbocycles. The molecule has 1 fully saturated rings. The van der Waals surface area contributed by atoms with Gasteiger partial charge in [-0.2, -0.15) is 0 Å². The number of ether oxygens (including phenoxy) is 2. The van der Waals surface area contributed by atoms with Gasteiger partial charge in [0.1, 0.15) is 11.4 Å². The topological polar surface area (TPSA) is 59.1 Å². The SMILES string of the molecule is COCc1cccc(C(=O)N(c2ccccc2F)C2CCN(C(=O)OC(C)(C)C)CC2)c1. The van der Waals surface area contributed by atoms with Crippen LogP contribution >= 0.6 is 0 Å². The van der Waals surface area contributed by atoms with Crippen molar-refractivity contribution in [3.05, 3.63) is 65.5 Å². The highest BCUT2D eigenvalue weighted by Crippen LogP contribution is 2.29. The van der Waals surface area contributed by atoms with Crippen LogP contribution in [-0.2, 0) is 16.1 Å². The number of hydrogen-bond donors (Lipinski definition) is 0. The van der Waals surface area contributed by atoms with Crippen LogP contribution in [0, 0.1) is 5.82 Å². The zero-order valence-electron chi connectivity index (χ0n) is 19.1. The van der Waals surface area contributed by atoms with Crippen LogP contribution in [0.1, 0.15) is 49.5 Å². The second kappa shape index (κ2) is 10.1. The molecule has 0 spiro atoms. The Kier molecular flexibility index (Phi) is 7.51. The van der Waals surface area contributed by atoms with Gasteiger partial charge in [0.2, 0.25) is 0 Å². The minimum Gasteiger partial charge on any atom is -0.444 e. The molecular formula is C25H31FN2O4. The fraction of sp³-hybridized carbons (Fsp3) is 0.440. The molecule has 32 heavy (non-hydrogen) atoms. The van der Waals surface area contributed by atoms with E-state index in [0.717, 1.165) is 5.56 Å². The molecule has 0 radical (unpaired) electrons. The lowest BCUT2D eigenvalue weighted by molar-refractivity contribution is 0.0205. The molecule has 0 aromatic heterocycles. The lowest BCUT2D eigenvalue weighted by Gasteiger charge is -2.39. The highest BCUT2D eigenvalue weighted by atomic mass is 19.1. The first-order valence-electron chi connectivity index (χ1n) is 10.8. The van der Waals surface area contributed by atoms with Gasteiger partial charge < -0.3 is 19.3 Å². The number of amides is 2. The Hall–Kier alpha value is -2.93. The van der Waals surface area contributed by atoms with Crippen LogP contribution < -0.4 is 4.90 Å². The standard InChI is InChI=1S/C25H31FN2O4/c1-25(2,3)32-24(30)27-14-12-20(13-15-27)28(22-11-6-5-10-21(22)26)23(29)19-9-7-8-18(16-19)17-31-4/h5-11,16,20H,12-15,17H2,1-4H3. The Labute approximate surface area is 188 Å². The van der Waals surface area contributed by atoms with Crippen LogP contribution in [0.4, 0.5) is 14.9 Å². The van der Waals surface area contributed by atoms with E-state index < -0.39 is 11.4 Å². The zero-order valence-corrected chi connectivity index (χ0v) is 19.1. The van der Waals surface area contributed by atoms with Gasteiger partial charge in [0.15, 0.2) is 0 Å². The Balaban J connectivity index is 1.84. The van der Waals surface area contributed by atoms with E-state index in [0.29, 0.717) is 38.1 Å². The number of hydrogen-bond acceptors (Lipinski definition) is 4. The molecule has 1 heterocycles. The molecule has 6 nitrogen and oxygen atoms in total. The average molecular weight is 443 g/mol. The largest absolute Gasteiger partial charge is 0.444 e. The van der Waals surface area contributed by atoms with Gasteiger partial charge in [0.25, 0.3) is 5.91 Å². The summed E-state index contributed by atoms with van der Waals surface area (Å²) in [5.74, 6) is -0.729. The lowest BCUT2D eigenvalue weighted by atomic mass is 10.0. The highest BCUT2D eigenvalue weighted by molar-refractivity contribution is 6.06. The van der Waals surface area contributed by atoms with E-state index in [1.165, 1.54) is 11.0 Å². The van der Waals surface area contributed by atoms with E-state index in [2.05, 4.69) is 0 Å². The number of para-hydroxylation sites is 1. The zero-order chi connectivity index (χ0) is 23.3. The monoisotopic (exact) mass is 442 g/mol. The third-order valence-corrected chi connectivity index (χ3v) is 5.30. The number of nitrogens with zero attached hydrogens (tertiary/aromatic N) is 2. The van der Waals surface area contributed by atoms with Crippen molar-refractivity contribution >= 4 is 17.7 Å². The van der Waals surface area contributed by atoms with Crippen molar-refractivity contribution in [1.29, 1.82) is 0 Å². The van der Waals surface area contributed by atoms with Crippen molar-refractivity contribution in [3.63, 3.8) is 0 Å². The summed E-state index contributed by atoms with van der Waals surface area (Å²) in [7, 11) is 1.60. The molecule has 0 bridgehead atoms. The summed E-state index contributed by atoms with van der Waals surface area (Å²) in [6.07, 6.45) is 0.681. The Bertz CT molecular complexity index is 949. The second-order valence-electron chi connectivity index (χ2n) is 8.96. The van der Waals surface area contributed by atoms with Crippen LogP contribution in [0.5, 0.6) is 0 Å². The number of piperidine rings is 1. The first kappa shape index (κ1) is 23.7. The van der Waals surface area contributed by atoms with Gasteiger partial charge in [-0.15, -0.1) is 0 Å². The van der Waals surface area contributed by atoms with Gasteiger partial charge >= 0.3 is 6.09 Å². The van der Waals surface area contributed by atoms with E-state index in [-0.39, 0.29) is 23.7 Å². The molecular weight excluding hydrogens is 411 g/mol. The maximum atomic E-state index is 14.8. The van der Waals surface area contributed by atoms with E-state index in [1.807, 2.05) is 26.8 Å². The molecule has 2 aromatic carbocycles. The van der Waals surface area contributed by atoms with Crippen LogP contribution in [0.15, 0.2) is 48.5 Å².